The molecule has 2 nitrogen and oxygen atoms in total. The van der Waals surface area contributed by atoms with Gasteiger partial charge in [0.05, 0.1) is 7.11 Å². The van der Waals surface area contributed by atoms with Crippen LogP contribution in [0.1, 0.15) is 25.3 Å². The zero-order chi connectivity index (χ0) is 11.8. The molecule has 1 atom stereocenters. The molecule has 0 radical (unpaired) electrons. The SMILES string of the molecule is CCCC(Cl)CNCc1ccccc1OC. The average molecular weight is 242 g/mol. The molecule has 1 rings (SSSR count). The topological polar surface area (TPSA) is 21.3 Å². The van der Waals surface area contributed by atoms with Gasteiger partial charge in [-0.3, -0.25) is 0 Å². The second-order valence-electron chi connectivity index (χ2n) is 3.83. The van der Waals surface area contributed by atoms with Crippen LogP contribution >= 0.6 is 11.6 Å². The van der Waals surface area contributed by atoms with Crippen molar-refractivity contribution in [3.8, 4) is 5.75 Å². The third kappa shape index (κ3) is 4.42. The zero-order valence-corrected chi connectivity index (χ0v) is 10.8. The van der Waals surface area contributed by atoms with E-state index in [4.69, 9.17) is 16.3 Å². The normalized spacial score (nSPS) is 12.4. The van der Waals surface area contributed by atoms with E-state index in [0.717, 1.165) is 31.7 Å². The molecule has 1 unspecified atom stereocenters. The Balaban J connectivity index is 2.36. The molecule has 0 bridgehead atoms. The summed E-state index contributed by atoms with van der Waals surface area (Å²) in [5, 5.41) is 3.57. The van der Waals surface area contributed by atoms with E-state index >= 15 is 0 Å². The highest BCUT2D eigenvalue weighted by molar-refractivity contribution is 6.20. The summed E-state index contributed by atoms with van der Waals surface area (Å²) in [6, 6.07) is 8.03. The molecule has 0 saturated carbocycles. The second-order valence-corrected chi connectivity index (χ2v) is 4.45. The van der Waals surface area contributed by atoms with Crippen LogP contribution in [-0.2, 0) is 6.54 Å². The number of rotatable bonds is 7. The molecule has 0 amide bonds. The third-order valence-electron chi connectivity index (χ3n) is 2.48. The van der Waals surface area contributed by atoms with Gasteiger partial charge in [0.1, 0.15) is 5.75 Å². The standard InChI is InChI=1S/C13H20ClNO/c1-3-6-12(14)10-15-9-11-7-4-5-8-13(11)16-2/h4-5,7-8,12,15H,3,6,9-10H2,1-2H3. The maximum atomic E-state index is 6.13. The van der Waals surface area contributed by atoms with Gasteiger partial charge in [0.25, 0.3) is 0 Å². The molecule has 16 heavy (non-hydrogen) atoms. The summed E-state index contributed by atoms with van der Waals surface area (Å²) in [5.74, 6) is 0.927. The second kappa shape index (κ2) is 7.53. The average Bonchev–Trinajstić information content (AvgIpc) is 2.30. The first-order valence-corrected chi connectivity index (χ1v) is 6.18. The van der Waals surface area contributed by atoms with Crippen molar-refractivity contribution in [3.63, 3.8) is 0 Å². The lowest BCUT2D eigenvalue weighted by Crippen LogP contribution is -2.22. The number of nitrogens with one attached hydrogen (secondary N) is 1. The number of hydrogen-bond acceptors (Lipinski definition) is 2. The molecule has 1 aromatic carbocycles. The van der Waals surface area contributed by atoms with Crippen molar-refractivity contribution in [2.24, 2.45) is 0 Å². The number of para-hydroxylation sites is 1. The summed E-state index contributed by atoms with van der Waals surface area (Å²) in [6.45, 7) is 3.79. The maximum Gasteiger partial charge on any atom is 0.123 e. The highest BCUT2D eigenvalue weighted by Gasteiger charge is 2.04. The Morgan fingerprint density at radius 2 is 2.12 bits per heavy atom. The van der Waals surface area contributed by atoms with Gasteiger partial charge in [-0.1, -0.05) is 31.5 Å². The van der Waals surface area contributed by atoms with Gasteiger partial charge in [-0.05, 0) is 12.5 Å². The summed E-state index contributed by atoms with van der Waals surface area (Å²) in [7, 11) is 1.69. The number of hydrogen-bond donors (Lipinski definition) is 1. The van der Waals surface area contributed by atoms with E-state index < -0.39 is 0 Å². The monoisotopic (exact) mass is 241 g/mol. The number of alkyl halides is 1. The van der Waals surface area contributed by atoms with Crippen LogP contribution in [0.4, 0.5) is 0 Å². The van der Waals surface area contributed by atoms with Gasteiger partial charge in [-0.15, -0.1) is 11.6 Å². The largest absolute Gasteiger partial charge is 0.496 e. The Kier molecular flexibility index (Phi) is 6.27. The minimum Gasteiger partial charge on any atom is -0.496 e. The van der Waals surface area contributed by atoms with E-state index in [1.54, 1.807) is 7.11 Å². The van der Waals surface area contributed by atoms with Gasteiger partial charge >= 0.3 is 0 Å². The fraction of sp³-hybridized carbons (Fsp3) is 0.538. The molecule has 0 aliphatic rings. The molecule has 3 heteroatoms. The highest BCUT2D eigenvalue weighted by Crippen LogP contribution is 2.16. The van der Waals surface area contributed by atoms with Crippen molar-refractivity contribution < 1.29 is 4.74 Å². The number of benzene rings is 1. The van der Waals surface area contributed by atoms with Crippen LogP contribution in [0.25, 0.3) is 0 Å². The molecule has 1 N–H and O–H groups in total. The molecule has 90 valence electrons. The third-order valence-corrected chi connectivity index (χ3v) is 2.85. The molecule has 1 aromatic rings. The molecule has 0 aromatic heterocycles. The van der Waals surface area contributed by atoms with Gasteiger partial charge in [-0.25, -0.2) is 0 Å². The van der Waals surface area contributed by atoms with Crippen molar-refractivity contribution in [2.45, 2.75) is 31.7 Å². The first-order chi connectivity index (χ1) is 7.77. The van der Waals surface area contributed by atoms with Gasteiger partial charge in [-0.2, -0.15) is 0 Å². The Morgan fingerprint density at radius 1 is 1.38 bits per heavy atom. The van der Waals surface area contributed by atoms with E-state index in [0.29, 0.717) is 0 Å². The predicted octanol–water partition coefficient (Wildman–Crippen LogP) is 3.19. The van der Waals surface area contributed by atoms with Crippen molar-refractivity contribution in [1.29, 1.82) is 0 Å². The van der Waals surface area contributed by atoms with Crippen molar-refractivity contribution >= 4 is 11.6 Å². The molecular weight excluding hydrogens is 222 g/mol. The highest BCUT2D eigenvalue weighted by atomic mass is 35.5. The molecule has 0 saturated heterocycles. The van der Waals surface area contributed by atoms with Gasteiger partial charge in [0.15, 0.2) is 0 Å². The summed E-state index contributed by atoms with van der Waals surface area (Å²) >= 11 is 6.13. The summed E-state index contributed by atoms with van der Waals surface area (Å²) < 4.78 is 5.28. The Bertz CT molecular complexity index is 304. The smallest absolute Gasteiger partial charge is 0.123 e. The maximum absolute atomic E-state index is 6.13. The number of ether oxygens (including phenoxy) is 1. The molecule has 0 aliphatic carbocycles. The Hall–Kier alpha value is -0.730. The first-order valence-electron chi connectivity index (χ1n) is 5.74. The van der Waals surface area contributed by atoms with Gasteiger partial charge < -0.3 is 10.1 Å². The molecule has 0 fully saturated rings. The molecule has 0 aliphatic heterocycles. The molecular formula is C13H20ClNO. The number of halogens is 1. The van der Waals surface area contributed by atoms with Crippen LogP contribution in [0.5, 0.6) is 5.75 Å². The van der Waals surface area contributed by atoms with Crippen molar-refractivity contribution in [1.82, 2.24) is 5.32 Å². The van der Waals surface area contributed by atoms with E-state index in [2.05, 4.69) is 18.3 Å². The molecule has 0 heterocycles. The van der Waals surface area contributed by atoms with Gasteiger partial charge in [0.2, 0.25) is 0 Å². The number of methoxy groups -OCH3 is 1. The van der Waals surface area contributed by atoms with Crippen LogP contribution in [0, 0.1) is 0 Å². The lowest BCUT2D eigenvalue weighted by Gasteiger charge is -2.11. The zero-order valence-electron chi connectivity index (χ0n) is 10.0. The minimum atomic E-state index is 0.222. The fourth-order valence-corrected chi connectivity index (χ4v) is 1.96. The quantitative estimate of drug-likeness (QED) is 0.741. The lowest BCUT2D eigenvalue weighted by atomic mass is 10.2. The summed E-state index contributed by atoms with van der Waals surface area (Å²) in [5.41, 5.74) is 1.17. The van der Waals surface area contributed by atoms with Gasteiger partial charge in [0, 0.05) is 24.0 Å². The fourth-order valence-electron chi connectivity index (χ4n) is 1.63. The van der Waals surface area contributed by atoms with Crippen LogP contribution in [-0.4, -0.2) is 19.0 Å². The summed E-state index contributed by atoms with van der Waals surface area (Å²) in [4.78, 5) is 0. The summed E-state index contributed by atoms with van der Waals surface area (Å²) in [6.07, 6.45) is 2.19. The predicted molar refractivity (Wildman–Crippen MR) is 69.2 cm³/mol. The van der Waals surface area contributed by atoms with E-state index in [1.165, 1.54) is 5.56 Å². The van der Waals surface area contributed by atoms with Crippen molar-refractivity contribution in [2.75, 3.05) is 13.7 Å². The molecule has 0 spiro atoms. The van der Waals surface area contributed by atoms with E-state index in [9.17, 15) is 0 Å². The minimum absolute atomic E-state index is 0.222. The van der Waals surface area contributed by atoms with Crippen LogP contribution < -0.4 is 10.1 Å². The first kappa shape index (κ1) is 13.3. The lowest BCUT2D eigenvalue weighted by molar-refractivity contribution is 0.407. The van der Waals surface area contributed by atoms with Crippen molar-refractivity contribution in [3.05, 3.63) is 29.8 Å². The Morgan fingerprint density at radius 3 is 2.81 bits per heavy atom. The van der Waals surface area contributed by atoms with E-state index in [-0.39, 0.29) is 5.38 Å². The van der Waals surface area contributed by atoms with Crippen LogP contribution in [0.3, 0.4) is 0 Å². The Labute approximate surface area is 103 Å². The van der Waals surface area contributed by atoms with E-state index in [1.807, 2.05) is 18.2 Å². The van der Waals surface area contributed by atoms with Crippen LogP contribution in [0.2, 0.25) is 0 Å². The van der Waals surface area contributed by atoms with Crippen LogP contribution in [0.15, 0.2) is 24.3 Å².